The third-order valence-corrected chi connectivity index (χ3v) is 3.32. The number of epoxide rings is 1. The van der Waals surface area contributed by atoms with E-state index in [9.17, 15) is 0 Å². The summed E-state index contributed by atoms with van der Waals surface area (Å²) in [6.45, 7) is 5.03. The van der Waals surface area contributed by atoms with Gasteiger partial charge >= 0.3 is 0 Å². The average molecular weight is 231 g/mol. The summed E-state index contributed by atoms with van der Waals surface area (Å²) in [5.74, 6) is 0.432. The predicted molar refractivity (Wildman–Crippen MR) is 58.9 cm³/mol. The Morgan fingerprint density at radius 1 is 1.36 bits per heavy atom. The molecule has 1 aromatic rings. The highest BCUT2D eigenvalue weighted by molar-refractivity contribution is 6.35. The van der Waals surface area contributed by atoms with Gasteiger partial charge in [0, 0.05) is 15.6 Å². The summed E-state index contributed by atoms with van der Waals surface area (Å²) < 4.78 is 5.54. The molecule has 1 atom stereocenters. The molecule has 0 bridgehead atoms. The summed E-state index contributed by atoms with van der Waals surface area (Å²) in [5, 5.41) is 1.36. The Labute approximate surface area is 94.0 Å². The Morgan fingerprint density at radius 2 is 2.00 bits per heavy atom. The van der Waals surface area contributed by atoms with Crippen LogP contribution in [0.4, 0.5) is 0 Å². The molecule has 1 fully saturated rings. The molecule has 1 aliphatic heterocycles. The fraction of sp³-hybridized carbons (Fsp3) is 0.455. The molecule has 0 aromatic heterocycles. The maximum Gasteiger partial charge on any atom is 0.120 e. The minimum atomic E-state index is -0.165. The number of halogens is 2. The largest absolute Gasteiger partial charge is 0.364 e. The van der Waals surface area contributed by atoms with Gasteiger partial charge in [0.05, 0.1) is 6.61 Å². The third-order valence-electron chi connectivity index (χ3n) is 2.78. The van der Waals surface area contributed by atoms with Crippen LogP contribution in [0.1, 0.15) is 19.4 Å². The van der Waals surface area contributed by atoms with Crippen molar-refractivity contribution in [3.8, 4) is 0 Å². The van der Waals surface area contributed by atoms with Crippen molar-refractivity contribution in [1.29, 1.82) is 0 Å². The molecule has 1 nitrogen and oxygen atoms in total. The van der Waals surface area contributed by atoms with Gasteiger partial charge in [-0.2, -0.15) is 0 Å². The van der Waals surface area contributed by atoms with Gasteiger partial charge in [0.15, 0.2) is 0 Å². The predicted octanol–water partition coefficient (Wildman–Crippen LogP) is 3.87. The summed E-state index contributed by atoms with van der Waals surface area (Å²) >= 11 is 12.0. The van der Waals surface area contributed by atoms with E-state index in [-0.39, 0.29) is 5.60 Å². The molecule has 1 aromatic carbocycles. The van der Waals surface area contributed by atoms with Crippen LogP contribution in [0.5, 0.6) is 0 Å². The fourth-order valence-corrected chi connectivity index (χ4v) is 2.28. The zero-order valence-electron chi connectivity index (χ0n) is 8.18. The minimum absolute atomic E-state index is 0.165. The van der Waals surface area contributed by atoms with Gasteiger partial charge in [0.2, 0.25) is 0 Å². The Bertz CT molecular complexity index is 356. The van der Waals surface area contributed by atoms with Crippen LogP contribution < -0.4 is 0 Å². The zero-order valence-corrected chi connectivity index (χ0v) is 9.69. The van der Waals surface area contributed by atoms with Crippen LogP contribution in [-0.2, 0) is 10.3 Å². The molecule has 0 N–H and O–H groups in total. The van der Waals surface area contributed by atoms with Gasteiger partial charge in [0.1, 0.15) is 5.60 Å². The van der Waals surface area contributed by atoms with Crippen LogP contribution in [0, 0.1) is 5.92 Å². The molecule has 0 amide bonds. The van der Waals surface area contributed by atoms with Crippen molar-refractivity contribution < 1.29 is 4.74 Å². The van der Waals surface area contributed by atoms with Crippen molar-refractivity contribution in [1.82, 2.24) is 0 Å². The molecular weight excluding hydrogens is 219 g/mol. The summed E-state index contributed by atoms with van der Waals surface area (Å²) in [6, 6.07) is 5.58. The highest BCUT2D eigenvalue weighted by atomic mass is 35.5. The van der Waals surface area contributed by atoms with Gasteiger partial charge in [0.25, 0.3) is 0 Å². The van der Waals surface area contributed by atoms with Crippen molar-refractivity contribution in [2.75, 3.05) is 6.61 Å². The molecule has 1 unspecified atom stereocenters. The van der Waals surface area contributed by atoms with E-state index in [0.717, 1.165) is 12.2 Å². The third kappa shape index (κ3) is 1.54. The fourth-order valence-electron chi connectivity index (χ4n) is 1.71. The lowest BCUT2D eigenvalue weighted by molar-refractivity contribution is 0.243. The second kappa shape index (κ2) is 3.41. The minimum Gasteiger partial charge on any atom is -0.364 e. The van der Waals surface area contributed by atoms with E-state index >= 15 is 0 Å². The number of hydrogen-bond donors (Lipinski definition) is 0. The Balaban J connectivity index is 2.42. The topological polar surface area (TPSA) is 12.5 Å². The molecule has 1 aliphatic rings. The van der Waals surface area contributed by atoms with Crippen LogP contribution in [0.15, 0.2) is 18.2 Å². The van der Waals surface area contributed by atoms with Gasteiger partial charge < -0.3 is 4.74 Å². The number of benzene rings is 1. The number of ether oxygens (including phenoxy) is 1. The summed E-state index contributed by atoms with van der Waals surface area (Å²) in [5.41, 5.74) is 0.889. The lowest BCUT2D eigenvalue weighted by Crippen LogP contribution is -2.17. The van der Waals surface area contributed by atoms with Crippen molar-refractivity contribution in [3.63, 3.8) is 0 Å². The van der Waals surface area contributed by atoms with Gasteiger partial charge in [-0.25, -0.2) is 0 Å². The Morgan fingerprint density at radius 3 is 2.43 bits per heavy atom. The number of rotatable bonds is 2. The molecule has 1 saturated heterocycles. The van der Waals surface area contributed by atoms with E-state index in [0.29, 0.717) is 16.0 Å². The molecule has 0 aliphatic carbocycles. The first-order valence-electron chi connectivity index (χ1n) is 4.66. The van der Waals surface area contributed by atoms with E-state index in [4.69, 9.17) is 27.9 Å². The smallest absolute Gasteiger partial charge is 0.120 e. The normalized spacial score (nSPS) is 25.5. The molecular formula is C11H12Cl2O. The van der Waals surface area contributed by atoms with Crippen LogP contribution >= 0.6 is 23.2 Å². The maximum absolute atomic E-state index is 6.13. The molecule has 1 heterocycles. The summed E-state index contributed by atoms with van der Waals surface area (Å²) in [6.07, 6.45) is 0. The monoisotopic (exact) mass is 230 g/mol. The molecule has 2 rings (SSSR count). The van der Waals surface area contributed by atoms with Crippen LogP contribution in [-0.4, -0.2) is 6.61 Å². The Hall–Kier alpha value is -0.240. The maximum atomic E-state index is 6.13. The van der Waals surface area contributed by atoms with Gasteiger partial charge in [-0.1, -0.05) is 43.1 Å². The second-order valence-electron chi connectivity index (χ2n) is 3.96. The molecule has 76 valence electrons. The van der Waals surface area contributed by atoms with Crippen molar-refractivity contribution >= 4 is 23.2 Å². The number of hydrogen-bond acceptors (Lipinski definition) is 1. The zero-order chi connectivity index (χ0) is 10.3. The standard InChI is InChI=1S/C11H12Cl2O/c1-7(2)11(6-14-11)9-4-3-8(12)5-10(9)13/h3-5,7H,6H2,1-2H3. The first-order valence-corrected chi connectivity index (χ1v) is 5.41. The first-order chi connectivity index (χ1) is 6.56. The first kappa shape index (κ1) is 10.3. The van der Waals surface area contributed by atoms with E-state index in [2.05, 4.69) is 13.8 Å². The van der Waals surface area contributed by atoms with Crippen molar-refractivity contribution in [3.05, 3.63) is 33.8 Å². The molecule has 0 radical (unpaired) electrons. The second-order valence-corrected chi connectivity index (χ2v) is 4.80. The van der Waals surface area contributed by atoms with Crippen LogP contribution in [0.25, 0.3) is 0 Å². The van der Waals surface area contributed by atoms with Crippen molar-refractivity contribution in [2.24, 2.45) is 5.92 Å². The summed E-state index contributed by atoms with van der Waals surface area (Å²) in [7, 11) is 0. The van der Waals surface area contributed by atoms with Crippen molar-refractivity contribution in [2.45, 2.75) is 19.4 Å². The lowest BCUT2D eigenvalue weighted by Gasteiger charge is -2.17. The molecule has 0 spiro atoms. The van der Waals surface area contributed by atoms with E-state index < -0.39 is 0 Å². The highest BCUT2D eigenvalue weighted by Gasteiger charge is 2.50. The highest BCUT2D eigenvalue weighted by Crippen LogP contribution is 2.48. The molecule has 0 saturated carbocycles. The lowest BCUT2D eigenvalue weighted by atomic mass is 9.89. The van der Waals surface area contributed by atoms with E-state index in [1.165, 1.54) is 0 Å². The van der Waals surface area contributed by atoms with E-state index in [1.807, 2.05) is 12.1 Å². The summed E-state index contributed by atoms with van der Waals surface area (Å²) in [4.78, 5) is 0. The average Bonchev–Trinajstić information content (AvgIpc) is 2.84. The van der Waals surface area contributed by atoms with Gasteiger partial charge in [-0.05, 0) is 18.1 Å². The SMILES string of the molecule is CC(C)C1(c2ccc(Cl)cc2Cl)CO1. The molecule has 14 heavy (non-hydrogen) atoms. The van der Waals surface area contributed by atoms with E-state index in [1.54, 1.807) is 6.07 Å². The quantitative estimate of drug-likeness (QED) is 0.703. The Kier molecular flexibility index (Phi) is 2.50. The van der Waals surface area contributed by atoms with Crippen LogP contribution in [0.2, 0.25) is 10.0 Å². The van der Waals surface area contributed by atoms with Gasteiger partial charge in [-0.15, -0.1) is 0 Å². The molecule has 3 heteroatoms. The van der Waals surface area contributed by atoms with Gasteiger partial charge in [-0.3, -0.25) is 0 Å². The van der Waals surface area contributed by atoms with Crippen LogP contribution in [0.3, 0.4) is 0 Å².